The summed E-state index contributed by atoms with van der Waals surface area (Å²) in [6.45, 7) is 3.77. The zero-order valence-corrected chi connectivity index (χ0v) is 15.4. The number of aromatic amines is 1. The van der Waals surface area contributed by atoms with E-state index in [0.29, 0.717) is 23.4 Å². The van der Waals surface area contributed by atoms with Crippen LogP contribution >= 0.6 is 0 Å². The second kappa shape index (κ2) is 7.21. The van der Waals surface area contributed by atoms with Crippen molar-refractivity contribution >= 4 is 28.6 Å². The van der Waals surface area contributed by atoms with Crippen LogP contribution in [-0.2, 0) is 15.1 Å². The van der Waals surface area contributed by atoms with Crippen LogP contribution in [0, 0.1) is 0 Å². The van der Waals surface area contributed by atoms with E-state index in [-0.39, 0.29) is 18.2 Å². The third-order valence-corrected chi connectivity index (χ3v) is 5.22. The molecule has 2 aliphatic heterocycles. The van der Waals surface area contributed by atoms with Gasteiger partial charge in [0.1, 0.15) is 23.9 Å². The number of hydrogen-bond donors (Lipinski definition) is 4. The number of carbonyl (C=O) groups is 2. The monoisotopic (exact) mass is 385 g/mol. The summed E-state index contributed by atoms with van der Waals surface area (Å²) in [7, 11) is 0. The van der Waals surface area contributed by atoms with Crippen molar-refractivity contribution < 1.29 is 14.3 Å². The van der Waals surface area contributed by atoms with Crippen LogP contribution in [0.2, 0.25) is 0 Å². The summed E-state index contributed by atoms with van der Waals surface area (Å²) in [5, 5.41) is 2.85. The molecule has 1 aromatic heterocycles. The number of benzene rings is 1. The zero-order chi connectivity index (χ0) is 19.7. The van der Waals surface area contributed by atoms with E-state index in [4.69, 9.17) is 16.2 Å². The number of H-pyrrole nitrogens is 1. The molecular formula is C18H23N7O3. The number of nitrogens with one attached hydrogen (secondary N) is 2. The van der Waals surface area contributed by atoms with Crippen molar-refractivity contribution in [3.8, 4) is 5.75 Å². The van der Waals surface area contributed by atoms with E-state index < -0.39 is 17.4 Å². The van der Waals surface area contributed by atoms with Crippen LogP contribution in [0.3, 0.4) is 0 Å². The molecule has 1 saturated heterocycles. The number of amides is 2. The van der Waals surface area contributed by atoms with Gasteiger partial charge in [-0.15, -0.1) is 0 Å². The first-order valence-corrected chi connectivity index (χ1v) is 9.26. The molecule has 2 aromatic rings. The second-order valence-electron chi connectivity index (χ2n) is 6.98. The molecule has 2 amide bonds. The first-order valence-electron chi connectivity index (χ1n) is 9.26. The predicted octanol–water partition coefficient (Wildman–Crippen LogP) is -0.795. The van der Waals surface area contributed by atoms with E-state index in [2.05, 4.69) is 25.2 Å². The number of nitrogens with zero attached hydrogens (tertiary/aromatic N) is 3. The predicted molar refractivity (Wildman–Crippen MR) is 103 cm³/mol. The Morgan fingerprint density at radius 1 is 1.25 bits per heavy atom. The van der Waals surface area contributed by atoms with Gasteiger partial charge < -0.3 is 21.2 Å². The van der Waals surface area contributed by atoms with Crippen molar-refractivity contribution in [2.75, 3.05) is 32.9 Å². The minimum Gasteiger partial charge on any atom is -0.492 e. The summed E-state index contributed by atoms with van der Waals surface area (Å²) < 4.78 is 5.85. The molecule has 6 N–H and O–H groups in total. The van der Waals surface area contributed by atoms with E-state index in [1.54, 1.807) is 12.1 Å². The Hall–Kier alpha value is -2.98. The van der Waals surface area contributed by atoms with Gasteiger partial charge in [0.25, 0.3) is 11.8 Å². The van der Waals surface area contributed by atoms with Crippen molar-refractivity contribution in [3.63, 3.8) is 0 Å². The average Bonchev–Trinajstić information content (AvgIpc) is 3.40. The van der Waals surface area contributed by atoms with Crippen LogP contribution in [0.1, 0.15) is 18.7 Å². The SMILES string of the molecule is NC(=O)C1=NCNC1(C(N)=O)c1nc2ccc(OCCN3CCCC3)cc2[nH]1. The highest BCUT2D eigenvalue weighted by atomic mass is 16.5. The third kappa shape index (κ3) is 3.10. The summed E-state index contributed by atoms with van der Waals surface area (Å²) in [5.74, 6) is -0.753. The van der Waals surface area contributed by atoms with Crippen molar-refractivity contribution in [1.82, 2.24) is 20.2 Å². The number of nitrogens with two attached hydrogens (primary N) is 2. The fraction of sp³-hybridized carbons (Fsp3) is 0.444. The Morgan fingerprint density at radius 3 is 2.75 bits per heavy atom. The molecule has 0 radical (unpaired) electrons. The summed E-state index contributed by atoms with van der Waals surface area (Å²) in [5.41, 5.74) is 10.4. The van der Waals surface area contributed by atoms with E-state index >= 15 is 0 Å². The molecule has 28 heavy (non-hydrogen) atoms. The molecule has 1 aromatic carbocycles. The fourth-order valence-electron chi connectivity index (χ4n) is 3.77. The van der Waals surface area contributed by atoms with Gasteiger partial charge in [-0.1, -0.05) is 0 Å². The maximum absolute atomic E-state index is 12.2. The smallest absolute Gasteiger partial charge is 0.265 e. The van der Waals surface area contributed by atoms with Crippen LogP contribution in [-0.4, -0.2) is 65.3 Å². The highest BCUT2D eigenvalue weighted by molar-refractivity contribution is 6.46. The molecule has 2 aliphatic rings. The lowest BCUT2D eigenvalue weighted by atomic mass is 9.91. The first-order chi connectivity index (χ1) is 13.5. The minimum absolute atomic E-state index is 0.0448. The number of hydrogen-bond acceptors (Lipinski definition) is 7. The summed E-state index contributed by atoms with van der Waals surface area (Å²) in [6.07, 6.45) is 2.49. The van der Waals surface area contributed by atoms with Gasteiger partial charge in [0.05, 0.1) is 17.7 Å². The van der Waals surface area contributed by atoms with Crippen LogP contribution < -0.4 is 21.5 Å². The largest absolute Gasteiger partial charge is 0.492 e. The van der Waals surface area contributed by atoms with Gasteiger partial charge in [0.15, 0.2) is 0 Å². The third-order valence-electron chi connectivity index (χ3n) is 5.22. The molecular weight excluding hydrogens is 362 g/mol. The number of ether oxygens (including phenoxy) is 1. The molecule has 1 fully saturated rings. The molecule has 0 aliphatic carbocycles. The van der Waals surface area contributed by atoms with Crippen molar-refractivity contribution in [2.24, 2.45) is 16.5 Å². The standard InChI is InChI=1S/C18H23N7O3/c19-15(26)14-18(16(20)27,22-10-21-14)17-23-12-4-3-11(9-13(12)24-17)28-8-7-25-5-1-2-6-25/h3-4,9,22H,1-2,5-8,10H2,(H2,19,26)(H2,20,27)(H,23,24). The number of aliphatic imine (C=N–C) groups is 1. The number of rotatable bonds is 7. The highest BCUT2D eigenvalue weighted by Crippen LogP contribution is 2.28. The van der Waals surface area contributed by atoms with Gasteiger partial charge in [-0.3, -0.25) is 24.8 Å². The molecule has 0 saturated carbocycles. The van der Waals surface area contributed by atoms with E-state index in [0.717, 1.165) is 19.6 Å². The van der Waals surface area contributed by atoms with Gasteiger partial charge >= 0.3 is 0 Å². The Morgan fingerprint density at radius 2 is 2.04 bits per heavy atom. The Labute approximate surface area is 161 Å². The molecule has 3 heterocycles. The fourth-order valence-corrected chi connectivity index (χ4v) is 3.77. The molecule has 0 spiro atoms. The Bertz CT molecular complexity index is 948. The van der Waals surface area contributed by atoms with Gasteiger partial charge in [-0.2, -0.15) is 0 Å². The lowest BCUT2D eigenvalue weighted by molar-refractivity contribution is -0.123. The number of primary amides is 2. The molecule has 1 unspecified atom stereocenters. The average molecular weight is 385 g/mol. The van der Waals surface area contributed by atoms with E-state index in [1.807, 2.05) is 6.07 Å². The molecule has 1 atom stereocenters. The second-order valence-corrected chi connectivity index (χ2v) is 6.98. The number of imidazole rings is 1. The molecule has 148 valence electrons. The topological polar surface area (TPSA) is 152 Å². The summed E-state index contributed by atoms with van der Waals surface area (Å²) in [4.78, 5) is 37.9. The van der Waals surface area contributed by atoms with Gasteiger partial charge in [-0.05, 0) is 38.1 Å². The van der Waals surface area contributed by atoms with Crippen LogP contribution in [0.5, 0.6) is 5.75 Å². The van der Waals surface area contributed by atoms with Crippen molar-refractivity contribution in [1.29, 1.82) is 0 Å². The van der Waals surface area contributed by atoms with Crippen molar-refractivity contribution in [2.45, 2.75) is 18.4 Å². The number of likely N-dealkylation sites (tertiary alicyclic amines) is 1. The molecule has 10 nitrogen and oxygen atoms in total. The summed E-state index contributed by atoms with van der Waals surface area (Å²) in [6, 6.07) is 5.41. The van der Waals surface area contributed by atoms with E-state index in [9.17, 15) is 9.59 Å². The Balaban J connectivity index is 1.58. The molecule has 4 rings (SSSR count). The minimum atomic E-state index is -1.67. The maximum atomic E-state index is 12.2. The highest BCUT2D eigenvalue weighted by Gasteiger charge is 2.51. The van der Waals surface area contributed by atoms with Gasteiger partial charge in [0, 0.05) is 12.6 Å². The lowest BCUT2D eigenvalue weighted by Crippen LogP contribution is -2.58. The molecule has 0 bridgehead atoms. The quantitative estimate of drug-likeness (QED) is 0.490. The maximum Gasteiger partial charge on any atom is 0.265 e. The van der Waals surface area contributed by atoms with Crippen LogP contribution in [0.15, 0.2) is 23.2 Å². The van der Waals surface area contributed by atoms with Gasteiger partial charge in [-0.25, -0.2) is 4.98 Å². The van der Waals surface area contributed by atoms with Crippen molar-refractivity contribution in [3.05, 3.63) is 24.0 Å². The number of aromatic nitrogens is 2. The number of carbonyl (C=O) groups excluding carboxylic acids is 2. The first kappa shape index (κ1) is 18.4. The lowest BCUT2D eigenvalue weighted by Gasteiger charge is -2.23. The number of fused-ring (bicyclic) bond motifs is 1. The van der Waals surface area contributed by atoms with Crippen LogP contribution in [0.25, 0.3) is 11.0 Å². The van der Waals surface area contributed by atoms with Crippen LogP contribution in [0.4, 0.5) is 0 Å². The summed E-state index contributed by atoms with van der Waals surface area (Å²) >= 11 is 0. The van der Waals surface area contributed by atoms with E-state index in [1.165, 1.54) is 12.8 Å². The van der Waals surface area contributed by atoms with Gasteiger partial charge in [0.2, 0.25) is 5.54 Å². The normalized spacial score (nSPS) is 22.5. The Kier molecular flexibility index (Phi) is 4.73. The molecule has 10 heteroatoms. The zero-order valence-electron chi connectivity index (χ0n) is 15.4.